The molecule has 0 saturated carbocycles. The first-order valence-corrected chi connectivity index (χ1v) is 11.6. The standard InChI is InChI=1S/C20H25N3O6S/c1-4-13(2)23(14-9-10-30(27,28)12-14)17(24)11-29-20(26)18-15-7-5-6-8-16(15)19(25)22(3)21-18/h5-8,13-14H,4,9-12H2,1-3H3. The van der Waals surface area contributed by atoms with Crippen molar-refractivity contribution in [2.45, 2.75) is 38.8 Å². The van der Waals surface area contributed by atoms with Crippen molar-refractivity contribution in [2.75, 3.05) is 18.1 Å². The highest BCUT2D eigenvalue weighted by Gasteiger charge is 2.36. The van der Waals surface area contributed by atoms with Gasteiger partial charge in [-0.25, -0.2) is 17.9 Å². The molecule has 1 fully saturated rings. The normalized spacial score (nSPS) is 18.8. The third-order valence-corrected chi connectivity index (χ3v) is 7.18. The second-order valence-corrected chi connectivity index (χ2v) is 9.74. The van der Waals surface area contributed by atoms with E-state index in [9.17, 15) is 22.8 Å². The van der Waals surface area contributed by atoms with E-state index in [4.69, 9.17) is 4.74 Å². The summed E-state index contributed by atoms with van der Waals surface area (Å²) in [6.45, 7) is 3.21. The van der Waals surface area contributed by atoms with Gasteiger partial charge in [-0.1, -0.05) is 25.1 Å². The predicted octanol–water partition coefficient (Wildman–Crippen LogP) is 0.904. The molecule has 2 unspecified atom stereocenters. The zero-order valence-electron chi connectivity index (χ0n) is 17.2. The molecule has 0 N–H and O–H groups in total. The molecule has 0 radical (unpaired) electrons. The summed E-state index contributed by atoms with van der Waals surface area (Å²) in [6, 6.07) is 5.93. The highest BCUT2D eigenvalue weighted by atomic mass is 32.2. The first kappa shape index (κ1) is 21.9. The fourth-order valence-electron chi connectivity index (χ4n) is 3.72. The summed E-state index contributed by atoms with van der Waals surface area (Å²) < 4.78 is 30.0. The molecule has 2 aromatic rings. The second-order valence-electron chi connectivity index (χ2n) is 7.51. The highest BCUT2D eigenvalue weighted by Crippen LogP contribution is 2.22. The van der Waals surface area contributed by atoms with Crippen molar-refractivity contribution < 1.29 is 22.7 Å². The minimum absolute atomic E-state index is 0.0472. The Morgan fingerprint density at radius 3 is 2.57 bits per heavy atom. The summed E-state index contributed by atoms with van der Waals surface area (Å²) >= 11 is 0. The van der Waals surface area contributed by atoms with E-state index in [1.165, 1.54) is 11.9 Å². The SMILES string of the molecule is CCC(C)N(C(=O)COC(=O)c1nn(C)c(=O)c2ccccc12)C1CCS(=O)(=O)C1. The first-order chi connectivity index (χ1) is 14.1. The first-order valence-electron chi connectivity index (χ1n) is 9.79. The second kappa shape index (κ2) is 8.55. The number of rotatable bonds is 6. The molecular weight excluding hydrogens is 410 g/mol. The van der Waals surface area contributed by atoms with Gasteiger partial charge in [0.2, 0.25) is 0 Å². The number of amides is 1. The lowest BCUT2D eigenvalue weighted by Crippen LogP contribution is -2.48. The van der Waals surface area contributed by atoms with Crippen LogP contribution in [0.25, 0.3) is 10.8 Å². The summed E-state index contributed by atoms with van der Waals surface area (Å²) in [5.41, 5.74) is -0.400. The van der Waals surface area contributed by atoms with Crippen molar-refractivity contribution in [3.05, 3.63) is 40.3 Å². The third-order valence-electron chi connectivity index (χ3n) is 5.43. The Bertz CT molecular complexity index is 1140. The summed E-state index contributed by atoms with van der Waals surface area (Å²) in [6.07, 6.45) is 1.02. The number of esters is 1. The number of aryl methyl sites for hydroxylation is 1. The van der Waals surface area contributed by atoms with E-state index < -0.39 is 34.4 Å². The van der Waals surface area contributed by atoms with Crippen molar-refractivity contribution in [3.8, 4) is 0 Å². The number of hydrogen-bond donors (Lipinski definition) is 0. The van der Waals surface area contributed by atoms with Gasteiger partial charge in [-0.15, -0.1) is 0 Å². The van der Waals surface area contributed by atoms with Crippen LogP contribution in [0, 0.1) is 0 Å². The zero-order chi connectivity index (χ0) is 22.1. The fraction of sp³-hybridized carbons (Fsp3) is 0.500. The van der Waals surface area contributed by atoms with E-state index in [0.29, 0.717) is 23.6 Å². The summed E-state index contributed by atoms with van der Waals surface area (Å²) in [5, 5.41) is 4.67. The van der Waals surface area contributed by atoms with Gasteiger partial charge in [-0.3, -0.25) is 9.59 Å². The number of benzene rings is 1. The average molecular weight is 436 g/mol. The van der Waals surface area contributed by atoms with Crippen LogP contribution in [0.1, 0.15) is 37.2 Å². The van der Waals surface area contributed by atoms with Gasteiger partial charge in [0.1, 0.15) is 0 Å². The Hall–Kier alpha value is -2.75. The van der Waals surface area contributed by atoms with Crippen molar-refractivity contribution in [3.63, 3.8) is 0 Å². The smallest absolute Gasteiger partial charge is 0.359 e. The number of nitrogens with zero attached hydrogens (tertiary/aromatic N) is 3. The molecule has 1 aromatic heterocycles. The quantitative estimate of drug-likeness (QED) is 0.619. The number of hydrogen-bond acceptors (Lipinski definition) is 7. The largest absolute Gasteiger partial charge is 0.451 e. The van der Waals surface area contributed by atoms with Crippen LogP contribution in [0.15, 0.2) is 29.1 Å². The van der Waals surface area contributed by atoms with Crippen molar-refractivity contribution in [1.29, 1.82) is 0 Å². The Morgan fingerprint density at radius 2 is 1.97 bits per heavy atom. The maximum absolute atomic E-state index is 12.8. The lowest BCUT2D eigenvalue weighted by Gasteiger charge is -2.33. The van der Waals surface area contributed by atoms with Gasteiger partial charge in [0.15, 0.2) is 22.1 Å². The van der Waals surface area contributed by atoms with Crippen LogP contribution < -0.4 is 5.56 Å². The number of carbonyl (C=O) groups excluding carboxylic acids is 2. The zero-order valence-corrected chi connectivity index (χ0v) is 18.0. The van der Waals surface area contributed by atoms with Gasteiger partial charge in [0.25, 0.3) is 11.5 Å². The van der Waals surface area contributed by atoms with Gasteiger partial charge in [-0.2, -0.15) is 5.10 Å². The van der Waals surface area contributed by atoms with Crippen molar-refractivity contribution in [2.24, 2.45) is 7.05 Å². The summed E-state index contributed by atoms with van der Waals surface area (Å²) in [5.74, 6) is -1.30. The monoisotopic (exact) mass is 435 g/mol. The molecule has 2 atom stereocenters. The van der Waals surface area contributed by atoms with E-state index in [2.05, 4.69) is 5.10 Å². The molecule has 2 heterocycles. The van der Waals surface area contributed by atoms with Crippen LogP contribution in [0.4, 0.5) is 0 Å². The van der Waals surface area contributed by atoms with Crippen molar-refractivity contribution in [1.82, 2.24) is 14.7 Å². The van der Waals surface area contributed by atoms with Crippen LogP contribution in [0.5, 0.6) is 0 Å². The Labute approximate surface area is 174 Å². The van der Waals surface area contributed by atoms with Gasteiger partial charge in [0, 0.05) is 24.5 Å². The van der Waals surface area contributed by atoms with Crippen LogP contribution in [-0.4, -0.2) is 65.2 Å². The van der Waals surface area contributed by atoms with E-state index >= 15 is 0 Å². The van der Waals surface area contributed by atoms with Gasteiger partial charge < -0.3 is 9.64 Å². The van der Waals surface area contributed by atoms with E-state index in [0.717, 1.165) is 4.68 Å². The summed E-state index contributed by atoms with van der Waals surface area (Å²) in [7, 11) is -1.73. The molecule has 1 aromatic carbocycles. The molecule has 1 aliphatic heterocycles. The Kier molecular flexibility index (Phi) is 6.25. The number of aromatic nitrogens is 2. The van der Waals surface area contributed by atoms with Crippen LogP contribution in [-0.2, 0) is 26.4 Å². The molecule has 30 heavy (non-hydrogen) atoms. The Morgan fingerprint density at radius 1 is 1.30 bits per heavy atom. The third kappa shape index (κ3) is 4.38. The number of carbonyl (C=O) groups is 2. The topological polar surface area (TPSA) is 116 Å². The van der Waals surface area contributed by atoms with E-state index in [-0.39, 0.29) is 28.8 Å². The molecule has 1 amide bonds. The lowest BCUT2D eigenvalue weighted by atomic mass is 10.1. The summed E-state index contributed by atoms with van der Waals surface area (Å²) in [4.78, 5) is 39.2. The van der Waals surface area contributed by atoms with E-state index in [1.807, 2.05) is 13.8 Å². The predicted molar refractivity (Wildman–Crippen MR) is 111 cm³/mol. The minimum Gasteiger partial charge on any atom is -0.451 e. The fourth-order valence-corrected chi connectivity index (χ4v) is 5.43. The number of fused-ring (bicyclic) bond motifs is 1. The average Bonchev–Trinajstić information content (AvgIpc) is 3.07. The molecule has 0 spiro atoms. The van der Waals surface area contributed by atoms with Crippen LogP contribution in [0.3, 0.4) is 0 Å². The number of ether oxygens (including phenoxy) is 1. The molecule has 162 valence electrons. The molecule has 9 nitrogen and oxygen atoms in total. The molecule has 3 rings (SSSR count). The van der Waals surface area contributed by atoms with Crippen LogP contribution >= 0.6 is 0 Å². The minimum atomic E-state index is -3.17. The maximum Gasteiger partial charge on any atom is 0.359 e. The van der Waals surface area contributed by atoms with Gasteiger partial charge in [-0.05, 0) is 25.8 Å². The maximum atomic E-state index is 12.8. The molecule has 10 heteroatoms. The van der Waals surface area contributed by atoms with Gasteiger partial charge >= 0.3 is 5.97 Å². The molecule has 0 bridgehead atoms. The Balaban J connectivity index is 1.79. The van der Waals surface area contributed by atoms with Crippen molar-refractivity contribution >= 4 is 32.5 Å². The molecular formula is C20H25N3O6S. The molecule has 1 saturated heterocycles. The van der Waals surface area contributed by atoms with E-state index in [1.54, 1.807) is 24.3 Å². The van der Waals surface area contributed by atoms with Gasteiger partial charge in [0.05, 0.1) is 16.9 Å². The molecule has 1 aliphatic rings. The van der Waals surface area contributed by atoms with Crippen LogP contribution in [0.2, 0.25) is 0 Å². The highest BCUT2D eigenvalue weighted by molar-refractivity contribution is 7.91. The lowest BCUT2D eigenvalue weighted by molar-refractivity contribution is -0.138. The molecule has 0 aliphatic carbocycles. The number of sulfone groups is 1.